The van der Waals surface area contributed by atoms with Gasteiger partial charge >= 0.3 is 0 Å². The summed E-state index contributed by atoms with van der Waals surface area (Å²) in [5.41, 5.74) is 0. The summed E-state index contributed by atoms with van der Waals surface area (Å²) in [7, 11) is 0. The number of hydrogen-bond donors (Lipinski definition) is 0. The minimum atomic E-state index is 0. The second-order valence-corrected chi connectivity index (χ2v) is 0. The first-order chi connectivity index (χ1) is 0. The molecule has 0 unspecified atom stereocenters. The van der Waals surface area contributed by atoms with Crippen LogP contribution in [0, 0.1) is 0 Å². The Morgan fingerprint density at radius 3 is 0.400 bits per heavy atom. The Bertz CT molecular complexity index is 3.61. The van der Waals surface area contributed by atoms with E-state index >= 15 is 0 Å². The van der Waals surface area contributed by atoms with Gasteiger partial charge in [0.1, 0.15) is 0 Å². The van der Waals surface area contributed by atoms with Gasteiger partial charge in [-0.3, -0.25) is 0 Å². The number of hydrogen-bond acceptors (Lipinski definition) is 0. The van der Waals surface area contributed by atoms with E-state index in [1.165, 1.54) is 0 Å². The molecule has 9 radical (unpaired) electrons. The van der Waals surface area contributed by atoms with Gasteiger partial charge in [0.05, 0.1) is 0 Å². The molecule has 0 saturated heterocycles. The van der Waals surface area contributed by atoms with Gasteiger partial charge in [0, 0.05) is 170 Å². The van der Waals surface area contributed by atoms with Gasteiger partial charge in [0.15, 0.2) is 0 Å². The van der Waals surface area contributed by atoms with E-state index in [9.17, 15) is 0 Å². The molecule has 0 nitrogen and oxygen atoms in total. The molecule has 0 fully saturated rings. The largest absolute Gasteiger partial charge is 0 e. The summed E-state index contributed by atoms with van der Waals surface area (Å²) in [5.74, 6) is 0. The Labute approximate surface area is 164 Å². The second kappa shape index (κ2) is 22.6. The van der Waals surface area contributed by atoms with Gasteiger partial charge in [0.2, 0.25) is 0 Å². The molecule has 0 saturated carbocycles. The van der Waals surface area contributed by atoms with Crippen LogP contribution in [0.4, 0.5) is 0 Å². The van der Waals surface area contributed by atoms with E-state index in [1.807, 2.05) is 0 Å². The molecule has 9 valence electrons. The predicted octanol–water partition coefficient (Wildman–Crippen LogP) is -1.90. The Hall–Kier alpha value is 5.64. The molecule has 0 amide bonds. The summed E-state index contributed by atoms with van der Waals surface area (Å²) in [5, 5.41) is 0. The molecule has 0 N–H and O–H groups in total. The monoisotopic (exact) mass is 167 g/mol. The van der Waals surface area contributed by atoms with Crippen molar-refractivity contribution in [2.24, 2.45) is 0 Å². The molecule has 0 bridgehead atoms. The molecule has 0 heterocycles. The number of rotatable bonds is 0. The van der Waals surface area contributed by atoms with Crippen LogP contribution in [-0.2, 0) is 0 Å². The van der Waals surface area contributed by atoms with E-state index in [2.05, 4.69) is 0 Å². The summed E-state index contributed by atoms with van der Waals surface area (Å²) < 4.78 is 0. The molecule has 0 aromatic carbocycles. The molecule has 5 heavy (non-hydrogen) atoms. The molecule has 0 aromatic heterocycles. The molecule has 0 aromatic rings. The second-order valence-electron chi connectivity index (χ2n) is 0. The Kier molecular flexibility index (Phi) is 141. The van der Waals surface area contributed by atoms with Crippen LogP contribution in [0.3, 0.4) is 0 Å². The fourth-order valence-corrected chi connectivity index (χ4v) is 0. The van der Waals surface area contributed by atoms with Gasteiger partial charge in [-0.1, -0.05) is 0 Å². The SMILES string of the molecule is [Ca].[Ca].[Ca].[Ca].[Li]. The summed E-state index contributed by atoms with van der Waals surface area (Å²) in [6.45, 7) is 0. The topological polar surface area (TPSA) is 0 Å². The first-order valence-corrected chi connectivity index (χ1v) is 0. The average molecular weight is 167 g/mol. The fourth-order valence-electron chi connectivity index (χ4n) is 0. The first-order valence-electron chi connectivity index (χ1n) is 0. The van der Waals surface area contributed by atoms with Gasteiger partial charge in [-0.15, -0.1) is 0 Å². The fraction of sp³-hybridized carbons (Fsp3) is 0. The Balaban J connectivity index is 0. The van der Waals surface area contributed by atoms with Crippen molar-refractivity contribution in [2.45, 2.75) is 0 Å². The van der Waals surface area contributed by atoms with Crippen LogP contribution in [-0.4, -0.2) is 170 Å². The smallest absolute Gasteiger partial charge is 0 e. The van der Waals surface area contributed by atoms with Crippen LogP contribution in [0.2, 0.25) is 0 Å². The molecule has 0 spiro atoms. The third-order valence-corrected chi connectivity index (χ3v) is 0. The van der Waals surface area contributed by atoms with Crippen LogP contribution in [0.15, 0.2) is 0 Å². The van der Waals surface area contributed by atoms with Gasteiger partial charge in [-0.2, -0.15) is 0 Å². The van der Waals surface area contributed by atoms with Crippen molar-refractivity contribution in [3.63, 3.8) is 0 Å². The van der Waals surface area contributed by atoms with E-state index < -0.39 is 0 Å². The van der Waals surface area contributed by atoms with Crippen LogP contribution in [0.5, 0.6) is 0 Å². The summed E-state index contributed by atoms with van der Waals surface area (Å²) in [6, 6.07) is 0. The molecular formula is Ca4Li. The normalized spacial score (nSPS) is 0. The van der Waals surface area contributed by atoms with Gasteiger partial charge in [0.25, 0.3) is 0 Å². The summed E-state index contributed by atoms with van der Waals surface area (Å²) in [6.07, 6.45) is 0. The average Bonchev–Trinajstić information content (AvgIpc) is 0. The zero-order valence-corrected chi connectivity index (χ0v) is 12.7. The van der Waals surface area contributed by atoms with E-state index in [-0.39, 0.29) is 170 Å². The predicted molar refractivity (Wildman–Crippen MR) is 28.8 cm³/mol. The Morgan fingerprint density at radius 1 is 0.400 bits per heavy atom. The van der Waals surface area contributed by atoms with Crippen molar-refractivity contribution in [3.8, 4) is 0 Å². The van der Waals surface area contributed by atoms with E-state index in [0.29, 0.717) is 0 Å². The van der Waals surface area contributed by atoms with Gasteiger partial charge < -0.3 is 0 Å². The van der Waals surface area contributed by atoms with Crippen LogP contribution in [0.25, 0.3) is 0 Å². The van der Waals surface area contributed by atoms with Crippen molar-refractivity contribution in [1.29, 1.82) is 0 Å². The molecule has 0 aliphatic carbocycles. The van der Waals surface area contributed by atoms with Crippen molar-refractivity contribution in [2.75, 3.05) is 0 Å². The standard InChI is InChI=1S/4Ca.Li. The first kappa shape index (κ1) is 31.1. The van der Waals surface area contributed by atoms with E-state index in [4.69, 9.17) is 0 Å². The van der Waals surface area contributed by atoms with Crippen LogP contribution < -0.4 is 0 Å². The van der Waals surface area contributed by atoms with E-state index in [1.54, 1.807) is 0 Å². The summed E-state index contributed by atoms with van der Waals surface area (Å²) in [4.78, 5) is 0. The minimum absolute atomic E-state index is 0. The Morgan fingerprint density at radius 2 is 0.400 bits per heavy atom. The van der Waals surface area contributed by atoms with Crippen LogP contribution >= 0.6 is 0 Å². The van der Waals surface area contributed by atoms with Crippen molar-refractivity contribution in [1.82, 2.24) is 0 Å². The maximum Gasteiger partial charge on any atom is 0 e. The quantitative estimate of drug-likeness (QED) is 0.370. The zero-order chi connectivity index (χ0) is 0. The zero-order valence-electron chi connectivity index (χ0n) is 3.83. The van der Waals surface area contributed by atoms with Crippen LogP contribution in [0.1, 0.15) is 0 Å². The third kappa shape index (κ3) is 17.7. The maximum atomic E-state index is 0. The van der Waals surface area contributed by atoms with Gasteiger partial charge in [-0.25, -0.2) is 0 Å². The molecule has 0 rings (SSSR count). The van der Waals surface area contributed by atoms with Gasteiger partial charge in [-0.05, 0) is 0 Å². The molecule has 0 atom stereocenters. The van der Waals surface area contributed by atoms with Crippen molar-refractivity contribution < 1.29 is 0 Å². The van der Waals surface area contributed by atoms with E-state index in [0.717, 1.165) is 0 Å². The van der Waals surface area contributed by atoms with Crippen molar-refractivity contribution in [3.05, 3.63) is 0 Å². The maximum absolute atomic E-state index is 0. The molecular weight excluding hydrogens is 167 g/mol. The molecule has 0 aliphatic heterocycles. The molecule has 0 aliphatic rings. The van der Waals surface area contributed by atoms with Crippen molar-refractivity contribution >= 4 is 170 Å². The minimum Gasteiger partial charge on any atom is 0 e. The third-order valence-electron chi connectivity index (χ3n) is 0. The summed E-state index contributed by atoms with van der Waals surface area (Å²) >= 11 is 0. The molecule has 5 heteroatoms.